The summed E-state index contributed by atoms with van der Waals surface area (Å²) in [5, 5.41) is 1.26. The van der Waals surface area contributed by atoms with Crippen molar-refractivity contribution in [2.45, 2.75) is 46.0 Å². The highest BCUT2D eigenvalue weighted by molar-refractivity contribution is 7.13. The Balaban J connectivity index is 2.32. The van der Waals surface area contributed by atoms with Crippen molar-refractivity contribution in [3.05, 3.63) is 21.7 Å². The van der Waals surface area contributed by atoms with E-state index in [2.05, 4.69) is 45.7 Å². The molecule has 1 aliphatic heterocycles. The summed E-state index contributed by atoms with van der Waals surface area (Å²) in [6.07, 6.45) is 3.48. The zero-order valence-electron chi connectivity index (χ0n) is 12.2. The monoisotopic (exact) mass is 264 g/mol. The van der Waals surface area contributed by atoms with Gasteiger partial charge in [-0.05, 0) is 30.9 Å². The Kier molecular flexibility index (Phi) is 4.23. The summed E-state index contributed by atoms with van der Waals surface area (Å²) in [7, 11) is 2.17. The van der Waals surface area contributed by atoms with Crippen LogP contribution in [0.3, 0.4) is 0 Å². The van der Waals surface area contributed by atoms with Gasteiger partial charge in [-0.15, -0.1) is 11.3 Å². The smallest absolute Gasteiger partial charge is 0.119 e. The first kappa shape index (κ1) is 13.8. The molecule has 100 valence electrons. The standard InChI is InChI=1S/C15H24N2S/c1-10(2)13-14(11(3)4)18-15(16-13)12-6-8-17(5)9-7-12/h6,10-11H,7-9H2,1-5H3. The lowest BCUT2D eigenvalue weighted by atomic mass is 10.0. The number of nitrogens with zero attached hydrogens (tertiary/aromatic N) is 2. The predicted octanol–water partition coefficient (Wildman–Crippen LogP) is 4.11. The highest BCUT2D eigenvalue weighted by Crippen LogP contribution is 2.35. The first-order valence-corrected chi connectivity index (χ1v) is 7.69. The number of rotatable bonds is 3. The fourth-order valence-corrected chi connectivity index (χ4v) is 3.56. The quantitative estimate of drug-likeness (QED) is 0.817. The Morgan fingerprint density at radius 3 is 2.39 bits per heavy atom. The molecule has 2 heterocycles. The summed E-state index contributed by atoms with van der Waals surface area (Å²) in [6.45, 7) is 11.2. The van der Waals surface area contributed by atoms with Crippen LogP contribution in [0.1, 0.15) is 61.5 Å². The van der Waals surface area contributed by atoms with Gasteiger partial charge in [-0.3, -0.25) is 0 Å². The molecule has 0 unspecified atom stereocenters. The van der Waals surface area contributed by atoms with Crippen molar-refractivity contribution in [2.75, 3.05) is 20.1 Å². The second-order valence-corrected chi connectivity index (χ2v) is 6.85. The topological polar surface area (TPSA) is 16.1 Å². The van der Waals surface area contributed by atoms with E-state index in [4.69, 9.17) is 4.98 Å². The maximum absolute atomic E-state index is 4.91. The normalized spacial score (nSPS) is 17.6. The first-order chi connectivity index (χ1) is 8.49. The molecule has 1 aliphatic rings. The molecule has 0 fully saturated rings. The van der Waals surface area contributed by atoms with Crippen LogP contribution >= 0.6 is 11.3 Å². The lowest BCUT2D eigenvalue weighted by molar-refractivity contribution is 0.370. The van der Waals surface area contributed by atoms with Crippen molar-refractivity contribution in [3.63, 3.8) is 0 Å². The van der Waals surface area contributed by atoms with Gasteiger partial charge in [0.25, 0.3) is 0 Å². The van der Waals surface area contributed by atoms with E-state index in [1.54, 1.807) is 0 Å². The van der Waals surface area contributed by atoms with E-state index in [1.807, 2.05) is 11.3 Å². The third-order valence-corrected chi connectivity index (χ3v) is 4.89. The van der Waals surface area contributed by atoms with Crippen LogP contribution in [-0.2, 0) is 0 Å². The van der Waals surface area contributed by atoms with Crippen LogP contribution in [0.25, 0.3) is 5.57 Å². The maximum Gasteiger partial charge on any atom is 0.119 e. The molecule has 0 atom stereocenters. The minimum Gasteiger partial charge on any atom is -0.302 e. The molecule has 18 heavy (non-hydrogen) atoms. The molecule has 1 aromatic rings. The molecule has 1 aromatic heterocycles. The summed E-state index contributed by atoms with van der Waals surface area (Å²) in [5.41, 5.74) is 2.76. The minimum atomic E-state index is 0.527. The van der Waals surface area contributed by atoms with Crippen molar-refractivity contribution < 1.29 is 0 Å². The summed E-state index contributed by atoms with van der Waals surface area (Å²) < 4.78 is 0. The van der Waals surface area contributed by atoms with E-state index in [1.165, 1.54) is 21.2 Å². The summed E-state index contributed by atoms with van der Waals surface area (Å²) in [4.78, 5) is 8.73. The van der Waals surface area contributed by atoms with Gasteiger partial charge in [0.2, 0.25) is 0 Å². The van der Waals surface area contributed by atoms with Gasteiger partial charge in [0, 0.05) is 18.0 Å². The van der Waals surface area contributed by atoms with Gasteiger partial charge >= 0.3 is 0 Å². The van der Waals surface area contributed by atoms with E-state index in [0.29, 0.717) is 11.8 Å². The first-order valence-electron chi connectivity index (χ1n) is 6.87. The van der Waals surface area contributed by atoms with Gasteiger partial charge in [0.1, 0.15) is 5.01 Å². The molecule has 2 nitrogen and oxygen atoms in total. The molecule has 0 radical (unpaired) electrons. The molecular weight excluding hydrogens is 240 g/mol. The van der Waals surface area contributed by atoms with Crippen molar-refractivity contribution >= 4 is 16.9 Å². The van der Waals surface area contributed by atoms with Crippen LogP contribution in [0.15, 0.2) is 6.08 Å². The van der Waals surface area contributed by atoms with Gasteiger partial charge in [-0.1, -0.05) is 33.8 Å². The van der Waals surface area contributed by atoms with Crippen LogP contribution < -0.4 is 0 Å². The molecule has 0 spiro atoms. The van der Waals surface area contributed by atoms with Crippen molar-refractivity contribution in [3.8, 4) is 0 Å². The van der Waals surface area contributed by atoms with Crippen LogP contribution in [0.4, 0.5) is 0 Å². The Hall–Kier alpha value is -0.670. The lowest BCUT2D eigenvalue weighted by Gasteiger charge is -2.20. The van der Waals surface area contributed by atoms with Crippen molar-refractivity contribution in [1.82, 2.24) is 9.88 Å². The molecule has 0 aliphatic carbocycles. The van der Waals surface area contributed by atoms with E-state index >= 15 is 0 Å². The van der Waals surface area contributed by atoms with E-state index in [-0.39, 0.29) is 0 Å². The average Bonchev–Trinajstić information content (AvgIpc) is 2.75. The zero-order valence-corrected chi connectivity index (χ0v) is 13.0. The second-order valence-electron chi connectivity index (χ2n) is 5.82. The molecule has 0 saturated carbocycles. The number of aromatic nitrogens is 1. The van der Waals surface area contributed by atoms with E-state index in [0.717, 1.165) is 19.5 Å². The van der Waals surface area contributed by atoms with E-state index in [9.17, 15) is 0 Å². The Morgan fingerprint density at radius 1 is 1.22 bits per heavy atom. The SMILES string of the molecule is CC(C)c1nc(C2=CCN(C)CC2)sc1C(C)C. The fourth-order valence-electron chi connectivity index (χ4n) is 2.27. The predicted molar refractivity (Wildman–Crippen MR) is 80.4 cm³/mol. The molecular formula is C15H24N2S. The highest BCUT2D eigenvalue weighted by Gasteiger charge is 2.19. The Bertz CT molecular complexity index is 418. The molecule has 3 heteroatoms. The minimum absolute atomic E-state index is 0.527. The van der Waals surface area contributed by atoms with Gasteiger partial charge in [0.15, 0.2) is 0 Å². The Morgan fingerprint density at radius 2 is 1.94 bits per heavy atom. The number of likely N-dealkylation sites (N-methyl/N-ethyl adjacent to an activating group) is 1. The zero-order chi connectivity index (χ0) is 13.3. The maximum atomic E-state index is 4.91. The molecule has 0 N–H and O–H groups in total. The second kappa shape index (κ2) is 5.54. The number of hydrogen-bond donors (Lipinski definition) is 0. The van der Waals surface area contributed by atoms with Crippen LogP contribution in [0.5, 0.6) is 0 Å². The van der Waals surface area contributed by atoms with Crippen molar-refractivity contribution in [2.24, 2.45) is 0 Å². The van der Waals surface area contributed by atoms with Gasteiger partial charge in [-0.25, -0.2) is 4.98 Å². The van der Waals surface area contributed by atoms with Crippen LogP contribution in [-0.4, -0.2) is 30.0 Å². The third kappa shape index (κ3) is 2.83. The molecule has 2 rings (SSSR count). The van der Waals surface area contributed by atoms with Crippen LogP contribution in [0.2, 0.25) is 0 Å². The largest absolute Gasteiger partial charge is 0.302 e. The summed E-state index contributed by atoms with van der Waals surface area (Å²) in [6, 6.07) is 0. The van der Waals surface area contributed by atoms with Gasteiger partial charge in [-0.2, -0.15) is 0 Å². The van der Waals surface area contributed by atoms with E-state index < -0.39 is 0 Å². The van der Waals surface area contributed by atoms with Gasteiger partial charge in [0.05, 0.1) is 5.69 Å². The molecule has 0 bridgehead atoms. The molecule has 0 aromatic carbocycles. The average molecular weight is 264 g/mol. The molecule has 0 amide bonds. The summed E-state index contributed by atoms with van der Waals surface area (Å²) >= 11 is 1.91. The fraction of sp³-hybridized carbons (Fsp3) is 0.667. The third-order valence-electron chi connectivity index (χ3n) is 3.44. The lowest BCUT2D eigenvalue weighted by Crippen LogP contribution is -2.23. The number of thiazole rings is 1. The van der Waals surface area contributed by atoms with Gasteiger partial charge < -0.3 is 4.90 Å². The number of hydrogen-bond acceptors (Lipinski definition) is 3. The summed E-state index contributed by atoms with van der Waals surface area (Å²) in [5.74, 6) is 1.11. The highest BCUT2D eigenvalue weighted by atomic mass is 32.1. The molecule has 0 saturated heterocycles. The van der Waals surface area contributed by atoms with Crippen LogP contribution in [0, 0.1) is 0 Å². The Labute approximate surface area is 115 Å². The van der Waals surface area contributed by atoms with Crippen molar-refractivity contribution in [1.29, 1.82) is 0 Å².